The van der Waals surface area contributed by atoms with Crippen molar-refractivity contribution in [3.05, 3.63) is 40.3 Å². The van der Waals surface area contributed by atoms with Crippen LogP contribution in [0.15, 0.2) is 29.2 Å². The molecule has 0 aliphatic heterocycles. The Morgan fingerprint density at radius 1 is 1.05 bits per heavy atom. The highest BCUT2D eigenvalue weighted by molar-refractivity contribution is 6.04. The first kappa shape index (κ1) is 15.6. The zero-order valence-electron chi connectivity index (χ0n) is 12.3. The zero-order chi connectivity index (χ0) is 16.3. The molecule has 0 saturated carbocycles. The molecule has 2 rings (SSSR count). The van der Waals surface area contributed by atoms with Gasteiger partial charge in [0.2, 0.25) is 0 Å². The summed E-state index contributed by atoms with van der Waals surface area (Å²) in [7, 11) is 3.82. The summed E-state index contributed by atoms with van der Waals surface area (Å²) in [6, 6.07) is 4.76. The van der Waals surface area contributed by atoms with Crippen LogP contribution in [-0.4, -0.2) is 38.3 Å². The fraction of sp³-hybridized carbons (Fsp3) is 0.267. The number of H-pyrrole nitrogens is 1. The van der Waals surface area contributed by atoms with Gasteiger partial charge in [0.05, 0.1) is 21.3 Å². The summed E-state index contributed by atoms with van der Waals surface area (Å²) in [6.07, 6.45) is 1.31. The third-order valence-electron chi connectivity index (χ3n) is 3.33. The molecule has 0 saturated heterocycles. The van der Waals surface area contributed by atoms with Crippen molar-refractivity contribution in [1.82, 2.24) is 4.98 Å². The number of rotatable bonds is 4. The van der Waals surface area contributed by atoms with E-state index in [9.17, 15) is 14.4 Å². The van der Waals surface area contributed by atoms with E-state index in [4.69, 9.17) is 4.74 Å². The fourth-order valence-electron chi connectivity index (χ4n) is 2.21. The maximum Gasteiger partial charge on any atom is 0.324 e. The average Bonchev–Trinajstić information content (AvgIpc) is 2.56. The minimum Gasteiger partial charge on any atom is -0.497 e. The van der Waals surface area contributed by atoms with Crippen LogP contribution >= 0.6 is 0 Å². The van der Waals surface area contributed by atoms with Gasteiger partial charge in [-0.3, -0.25) is 14.4 Å². The first-order chi connectivity index (χ1) is 10.5. The standard InChI is InChI=1S/C15H15NO6/c1-20-8-4-5-9-10(6-8)11(7-16-13(9)17)12(14(18)21-2)15(19)22-3/h4-7,12H,1-3H3,(H,16,17). The molecule has 7 nitrogen and oxygen atoms in total. The molecule has 1 N–H and O–H groups in total. The predicted molar refractivity (Wildman–Crippen MR) is 77.9 cm³/mol. The number of ether oxygens (including phenoxy) is 3. The first-order valence-corrected chi connectivity index (χ1v) is 6.38. The Morgan fingerprint density at radius 3 is 2.23 bits per heavy atom. The van der Waals surface area contributed by atoms with E-state index >= 15 is 0 Å². The molecule has 1 aromatic heterocycles. The molecule has 1 aromatic carbocycles. The van der Waals surface area contributed by atoms with Crippen molar-refractivity contribution in [2.75, 3.05) is 21.3 Å². The predicted octanol–water partition coefficient (Wildman–Crippen LogP) is 0.966. The molecule has 1 heterocycles. The Balaban J connectivity index is 2.76. The van der Waals surface area contributed by atoms with Crippen molar-refractivity contribution in [3.8, 4) is 5.75 Å². The highest BCUT2D eigenvalue weighted by Gasteiger charge is 2.32. The largest absolute Gasteiger partial charge is 0.497 e. The molecule has 0 unspecified atom stereocenters. The molecular weight excluding hydrogens is 290 g/mol. The molecule has 7 heteroatoms. The summed E-state index contributed by atoms with van der Waals surface area (Å²) in [6.45, 7) is 0. The summed E-state index contributed by atoms with van der Waals surface area (Å²) in [4.78, 5) is 38.3. The number of fused-ring (bicyclic) bond motifs is 1. The third-order valence-corrected chi connectivity index (χ3v) is 3.33. The van der Waals surface area contributed by atoms with Crippen molar-refractivity contribution >= 4 is 22.7 Å². The second kappa shape index (κ2) is 6.30. The van der Waals surface area contributed by atoms with E-state index in [2.05, 4.69) is 14.5 Å². The quantitative estimate of drug-likeness (QED) is 0.668. The van der Waals surface area contributed by atoms with Crippen LogP contribution in [0.1, 0.15) is 11.5 Å². The molecule has 22 heavy (non-hydrogen) atoms. The Labute approximate surface area is 125 Å². The van der Waals surface area contributed by atoms with Crippen molar-refractivity contribution in [2.45, 2.75) is 5.92 Å². The fourth-order valence-corrected chi connectivity index (χ4v) is 2.21. The van der Waals surface area contributed by atoms with E-state index < -0.39 is 17.9 Å². The number of carbonyl (C=O) groups excluding carboxylic acids is 2. The summed E-state index contributed by atoms with van der Waals surface area (Å²) in [5.74, 6) is -2.35. The lowest BCUT2D eigenvalue weighted by Crippen LogP contribution is -2.25. The monoisotopic (exact) mass is 305 g/mol. The number of pyridine rings is 1. The third kappa shape index (κ3) is 2.65. The number of aromatic nitrogens is 1. The van der Waals surface area contributed by atoms with Crippen molar-refractivity contribution < 1.29 is 23.8 Å². The van der Waals surface area contributed by atoms with Crippen LogP contribution in [0.3, 0.4) is 0 Å². The number of aromatic amines is 1. The van der Waals surface area contributed by atoms with Crippen LogP contribution in [0.2, 0.25) is 0 Å². The number of hydrogen-bond acceptors (Lipinski definition) is 6. The van der Waals surface area contributed by atoms with Crippen LogP contribution in [0.5, 0.6) is 5.75 Å². The van der Waals surface area contributed by atoms with E-state index in [-0.39, 0.29) is 11.1 Å². The minimum absolute atomic E-state index is 0.284. The van der Waals surface area contributed by atoms with Gasteiger partial charge >= 0.3 is 11.9 Å². The van der Waals surface area contributed by atoms with Gasteiger partial charge in [-0.25, -0.2) is 0 Å². The lowest BCUT2D eigenvalue weighted by Gasteiger charge is -2.15. The molecular formula is C15H15NO6. The van der Waals surface area contributed by atoms with Gasteiger partial charge in [-0.2, -0.15) is 0 Å². The Kier molecular flexibility index (Phi) is 4.45. The average molecular weight is 305 g/mol. The summed E-state index contributed by atoms with van der Waals surface area (Å²) >= 11 is 0. The molecule has 0 amide bonds. The minimum atomic E-state index is -1.29. The number of methoxy groups -OCH3 is 3. The highest BCUT2D eigenvalue weighted by atomic mass is 16.5. The van der Waals surface area contributed by atoms with Crippen molar-refractivity contribution in [2.24, 2.45) is 0 Å². The topological polar surface area (TPSA) is 94.7 Å². The SMILES string of the molecule is COC(=O)C(C(=O)OC)c1c[nH]c(=O)c2ccc(OC)cc12. The van der Waals surface area contributed by atoms with Gasteiger partial charge in [-0.05, 0) is 23.6 Å². The molecule has 2 aromatic rings. The van der Waals surface area contributed by atoms with Crippen molar-refractivity contribution in [3.63, 3.8) is 0 Å². The summed E-state index contributed by atoms with van der Waals surface area (Å²) < 4.78 is 14.5. The first-order valence-electron chi connectivity index (χ1n) is 6.38. The van der Waals surface area contributed by atoms with Crippen LogP contribution in [0, 0.1) is 0 Å². The van der Waals surface area contributed by atoms with E-state index in [1.165, 1.54) is 27.5 Å². The number of carbonyl (C=O) groups is 2. The number of hydrogen-bond donors (Lipinski definition) is 1. The van der Waals surface area contributed by atoms with Crippen LogP contribution in [-0.2, 0) is 19.1 Å². The highest BCUT2D eigenvalue weighted by Crippen LogP contribution is 2.28. The second-order valence-corrected chi connectivity index (χ2v) is 4.46. The second-order valence-electron chi connectivity index (χ2n) is 4.46. The maximum atomic E-state index is 11.9. The molecule has 0 aliphatic rings. The van der Waals surface area contributed by atoms with E-state index in [0.29, 0.717) is 16.5 Å². The molecule has 0 aliphatic carbocycles. The Morgan fingerprint density at radius 2 is 1.68 bits per heavy atom. The van der Waals surface area contributed by atoms with Gasteiger partial charge < -0.3 is 19.2 Å². The Bertz CT molecular complexity index is 763. The molecule has 0 atom stereocenters. The lowest BCUT2D eigenvalue weighted by molar-refractivity contribution is -0.154. The maximum absolute atomic E-state index is 11.9. The number of nitrogens with one attached hydrogen (secondary N) is 1. The number of benzene rings is 1. The normalized spacial score (nSPS) is 10.5. The van der Waals surface area contributed by atoms with Crippen LogP contribution in [0.25, 0.3) is 10.8 Å². The zero-order valence-corrected chi connectivity index (χ0v) is 12.3. The smallest absolute Gasteiger partial charge is 0.324 e. The number of esters is 2. The molecule has 0 fully saturated rings. The van der Waals surface area contributed by atoms with Crippen LogP contribution < -0.4 is 10.3 Å². The van der Waals surface area contributed by atoms with E-state index in [1.54, 1.807) is 18.2 Å². The van der Waals surface area contributed by atoms with Gasteiger partial charge in [0.25, 0.3) is 5.56 Å². The van der Waals surface area contributed by atoms with Crippen molar-refractivity contribution in [1.29, 1.82) is 0 Å². The van der Waals surface area contributed by atoms with Gasteiger partial charge in [0, 0.05) is 17.1 Å². The summed E-state index contributed by atoms with van der Waals surface area (Å²) in [5.41, 5.74) is -0.0536. The molecule has 0 spiro atoms. The van der Waals surface area contributed by atoms with E-state index in [1.807, 2.05) is 0 Å². The molecule has 0 bridgehead atoms. The van der Waals surface area contributed by atoms with E-state index in [0.717, 1.165) is 0 Å². The summed E-state index contributed by atoms with van der Waals surface area (Å²) in [5, 5.41) is 0.750. The van der Waals surface area contributed by atoms with Gasteiger partial charge in [0.15, 0.2) is 5.92 Å². The van der Waals surface area contributed by atoms with Crippen LogP contribution in [0.4, 0.5) is 0 Å². The Hall–Kier alpha value is -2.83. The van der Waals surface area contributed by atoms with Gasteiger partial charge in [0.1, 0.15) is 5.75 Å². The van der Waals surface area contributed by atoms with Gasteiger partial charge in [-0.1, -0.05) is 0 Å². The molecule has 0 radical (unpaired) electrons. The van der Waals surface area contributed by atoms with Gasteiger partial charge in [-0.15, -0.1) is 0 Å². The lowest BCUT2D eigenvalue weighted by atomic mass is 9.95. The molecule has 116 valence electrons.